The molecule has 198 valence electrons. The summed E-state index contributed by atoms with van der Waals surface area (Å²) in [6, 6.07) is 6.87. The van der Waals surface area contributed by atoms with Crippen LogP contribution in [-0.4, -0.2) is 55.4 Å². The monoisotopic (exact) mass is 520 g/mol. The summed E-state index contributed by atoms with van der Waals surface area (Å²) >= 11 is 0. The van der Waals surface area contributed by atoms with Crippen LogP contribution >= 0.6 is 0 Å². The zero-order valence-corrected chi connectivity index (χ0v) is 21.1. The molecular formula is C27H31FN7O3+. The topological polar surface area (TPSA) is 116 Å². The molecule has 1 aromatic carbocycles. The summed E-state index contributed by atoms with van der Waals surface area (Å²) in [6.45, 7) is 9.76. The Morgan fingerprint density at radius 2 is 2.13 bits per heavy atom. The number of rotatable bonds is 9. The van der Waals surface area contributed by atoms with E-state index in [1.165, 1.54) is 6.07 Å². The van der Waals surface area contributed by atoms with Crippen molar-refractivity contribution in [1.29, 1.82) is 0 Å². The highest BCUT2D eigenvalue weighted by atomic mass is 19.1. The molecule has 0 bridgehead atoms. The van der Waals surface area contributed by atoms with E-state index in [-0.39, 0.29) is 36.7 Å². The first-order chi connectivity index (χ1) is 18.5. The third-order valence-corrected chi connectivity index (χ3v) is 6.90. The number of halogens is 1. The van der Waals surface area contributed by atoms with Crippen molar-refractivity contribution in [3.05, 3.63) is 60.1 Å². The Kier molecular flexibility index (Phi) is 7.53. The van der Waals surface area contributed by atoms with Gasteiger partial charge in [0.05, 0.1) is 49.6 Å². The van der Waals surface area contributed by atoms with E-state index in [2.05, 4.69) is 30.0 Å². The van der Waals surface area contributed by atoms with Crippen LogP contribution < -0.4 is 14.7 Å². The molecule has 3 heterocycles. The van der Waals surface area contributed by atoms with Gasteiger partial charge in [-0.25, -0.2) is 14.2 Å². The number of hydrogen-bond donors (Lipinski definition) is 4. The van der Waals surface area contributed by atoms with E-state index >= 15 is 0 Å². The van der Waals surface area contributed by atoms with Gasteiger partial charge in [-0.15, -0.1) is 4.68 Å². The number of ether oxygens (including phenoxy) is 1. The van der Waals surface area contributed by atoms with Gasteiger partial charge in [0.15, 0.2) is 11.9 Å². The van der Waals surface area contributed by atoms with Gasteiger partial charge in [0.2, 0.25) is 11.2 Å². The Morgan fingerprint density at radius 3 is 2.87 bits per heavy atom. The van der Waals surface area contributed by atoms with Crippen LogP contribution in [0.25, 0.3) is 27.0 Å². The van der Waals surface area contributed by atoms with E-state index in [0.29, 0.717) is 0 Å². The van der Waals surface area contributed by atoms with E-state index < -0.39 is 11.9 Å². The number of fused-ring (bicyclic) bond motifs is 1. The van der Waals surface area contributed by atoms with Gasteiger partial charge in [-0.3, -0.25) is 4.68 Å². The molecule has 1 fully saturated rings. The van der Waals surface area contributed by atoms with Crippen LogP contribution in [0.4, 0.5) is 15.9 Å². The maximum atomic E-state index is 14.5. The number of hydrogen-bond acceptors (Lipinski definition) is 6. The fourth-order valence-electron chi connectivity index (χ4n) is 5.01. The van der Waals surface area contributed by atoms with Gasteiger partial charge in [-0.1, -0.05) is 12.1 Å². The van der Waals surface area contributed by atoms with Crippen LogP contribution in [0.5, 0.6) is 5.75 Å². The van der Waals surface area contributed by atoms with E-state index in [9.17, 15) is 9.50 Å². The smallest absolute Gasteiger partial charge is 0.244 e. The predicted molar refractivity (Wildman–Crippen MR) is 139 cm³/mol. The molecule has 0 spiro atoms. The summed E-state index contributed by atoms with van der Waals surface area (Å²) < 4.78 is 24.2. The molecule has 10 nitrogen and oxygen atoms in total. The van der Waals surface area contributed by atoms with Gasteiger partial charge >= 0.3 is 0 Å². The minimum atomic E-state index is -0.882. The highest BCUT2D eigenvalue weighted by molar-refractivity contribution is 5.91. The number of pyridine rings is 1. The first-order valence-electron chi connectivity index (χ1n) is 12.8. The minimum absolute atomic E-state index is 0.0311. The van der Waals surface area contributed by atoms with Crippen LogP contribution in [-0.2, 0) is 6.54 Å². The summed E-state index contributed by atoms with van der Waals surface area (Å²) in [5.41, 5.74) is 2.70. The molecular weight excluding hydrogens is 489 g/mol. The Bertz CT molecular complexity index is 1450. The lowest BCUT2D eigenvalue weighted by molar-refractivity contribution is -0.753. The largest absolute Gasteiger partial charge is 0.489 e. The highest BCUT2D eigenvalue weighted by Crippen LogP contribution is 2.34. The molecule has 5 rings (SSSR count). The first kappa shape index (κ1) is 25.6. The molecule has 0 unspecified atom stereocenters. The number of aliphatic hydroxyl groups is 2. The number of benzene rings is 1. The molecule has 4 aromatic rings. The Balaban J connectivity index is 1.39. The SMILES string of the molecule is [C-]#[N+]c1cccc(OC2CCC([n+]3[nH]c(-c4cnn(C[C@@H](O)CO)c4)c4cnc(NCC)cc43)CC2)c1F. The van der Waals surface area contributed by atoms with Gasteiger partial charge in [-0.05, 0) is 25.8 Å². The number of H-pyrrole nitrogens is 1. The quantitative estimate of drug-likeness (QED) is 0.197. The number of nitrogens with one attached hydrogen (secondary N) is 2. The summed E-state index contributed by atoms with van der Waals surface area (Å²) in [5, 5.41) is 31.1. The van der Waals surface area contributed by atoms with Crippen molar-refractivity contribution < 1.29 is 24.0 Å². The van der Waals surface area contributed by atoms with E-state index in [4.69, 9.17) is 16.4 Å². The van der Waals surface area contributed by atoms with Crippen molar-refractivity contribution in [3.63, 3.8) is 0 Å². The maximum Gasteiger partial charge on any atom is 0.244 e. The second-order valence-corrected chi connectivity index (χ2v) is 9.51. The van der Waals surface area contributed by atoms with Gasteiger partial charge < -0.3 is 20.3 Å². The average Bonchev–Trinajstić information content (AvgIpc) is 3.55. The van der Waals surface area contributed by atoms with Crippen LogP contribution in [0.15, 0.2) is 42.9 Å². The molecule has 1 aliphatic rings. The van der Waals surface area contributed by atoms with Crippen molar-refractivity contribution in [2.45, 2.75) is 57.4 Å². The number of anilines is 1. The third kappa shape index (κ3) is 5.18. The number of nitrogens with zero attached hydrogens (tertiary/aromatic N) is 5. The van der Waals surface area contributed by atoms with Crippen LogP contribution in [0.1, 0.15) is 38.6 Å². The molecule has 0 radical (unpaired) electrons. The first-order valence-corrected chi connectivity index (χ1v) is 12.8. The lowest BCUT2D eigenvalue weighted by Gasteiger charge is -2.26. The molecule has 3 aromatic heterocycles. The zero-order chi connectivity index (χ0) is 26.6. The highest BCUT2D eigenvalue weighted by Gasteiger charge is 2.33. The molecule has 1 saturated carbocycles. The molecule has 11 heteroatoms. The molecule has 0 saturated heterocycles. The normalized spacial score (nSPS) is 18.3. The average molecular weight is 521 g/mol. The van der Waals surface area contributed by atoms with Gasteiger partial charge in [0, 0.05) is 37.3 Å². The second kappa shape index (κ2) is 11.2. The van der Waals surface area contributed by atoms with Crippen molar-refractivity contribution >= 4 is 22.4 Å². The van der Waals surface area contributed by atoms with Gasteiger partial charge in [0.1, 0.15) is 17.3 Å². The molecule has 1 atom stereocenters. The van der Waals surface area contributed by atoms with Crippen LogP contribution in [0, 0.1) is 12.4 Å². The lowest BCUT2D eigenvalue weighted by Crippen LogP contribution is -2.44. The summed E-state index contributed by atoms with van der Waals surface area (Å²) in [6.07, 6.45) is 7.56. The van der Waals surface area contributed by atoms with E-state index in [1.807, 2.05) is 25.4 Å². The minimum Gasteiger partial charge on any atom is -0.489 e. The van der Waals surface area contributed by atoms with Gasteiger partial charge in [0.25, 0.3) is 0 Å². The van der Waals surface area contributed by atoms with Crippen molar-refractivity contribution in [3.8, 4) is 17.0 Å². The molecule has 0 aliphatic heterocycles. The number of aromatic nitrogens is 5. The predicted octanol–water partition coefficient (Wildman–Crippen LogP) is 3.75. The second-order valence-electron chi connectivity index (χ2n) is 9.51. The van der Waals surface area contributed by atoms with E-state index in [1.54, 1.807) is 23.0 Å². The Labute approximate surface area is 219 Å². The molecule has 1 aliphatic carbocycles. The lowest BCUT2D eigenvalue weighted by atomic mass is 9.93. The Hall–Kier alpha value is -4.01. The summed E-state index contributed by atoms with van der Waals surface area (Å²) in [4.78, 5) is 7.79. The standard InChI is InChI=1S/C27H30FN7O3/c1-3-30-25-11-23-21(13-31-25)27(17-12-32-34(14-17)15-19(37)16-36)33-35(23)18-7-9-20(10-8-18)38-24-6-4-5-22(29-2)26(24)28/h4-6,11-14,18-20,36-37H,3,7-10,15-16H2,1H3,(H,30,31,33)/p+1/t18?,19-,20?/m1/s1. The zero-order valence-electron chi connectivity index (χ0n) is 21.1. The molecule has 4 N–H and O–H groups in total. The summed E-state index contributed by atoms with van der Waals surface area (Å²) in [7, 11) is 0. The van der Waals surface area contributed by atoms with Crippen molar-refractivity contribution in [2.75, 3.05) is 18.5 Å². The number of aliphatic hydroxyl groups excluding tert-OH is 2. The van der Waals surface area contributed by atoms with Gasteiger partial charge in [-0.2, -0.15) is 10.2 Å². The molecule has 0 amide bonds. The summed E-state index contributed by atoms with van der Waals surface area (Å²) in [5.74, 6) is 0.314. The molecule has 38 heavy (non-hydrogen) atoms. The fourth-order valence-corrected chi connectivity index (χ4v) is 5.01. The third-order valence-electron chi connectivity index (χ3n) is 6.90. The van der Waals surface area contributed by atoms with Crippen molar-refractivity contribution in [1.82, 2.24) is 19.9 Å². The Morgan fingerprint density at radius 1 is 1.32 bits per heavy atom. The van der Waals surface area contributed by atoms with Crippen molar-refractivity contribution in [2.24, 2.45) is 0 Å². The van der Waals surface area contributed by atoms with Crippen LogP contribution in [0.2, 0.25) is 0 Å². The maximum absolute atomic E-state index is 14.5. The van der Waals surface area contributed by atoms with Crippen LogP contribution in [0.3, 0.4) is 0 Å². The fraction of sp³-hybridized carbons (Fsp3) is 0.407. The van der Waals surface area contributed by atoms with E-state index in [0.717, 1.165) is 60.2 Å². The number of aromatic amines is 1.